The van der Waals surface area contributed by atoms with Crippen molar-refractivity contribution in [2.75, 3.05) is 58.5 Å². The number of para-hydroxylation sites is 2. The minimum atomic E-state index is -0.665. The number of aliphatic hydroxyl groups is 1. The number of β-amino-alcohol motifs (C(OH)–C–C–N with tert-alkyl or cyclic N) is 1. The van der Waals surface area contributed by atoms with Crippen molar-refractivity contribution < 1.29 is 19.3 Å². The minimum Gasteiger partial charge on any atom is -0.495 e. The number of methoxy groups -OCH3 is 2. The van der Waals surface area contributed by atoms with Crippen molar-refractivity contribution in [1.82, 2.24) is 9.88 Å². The van der Waals surface area contributed by atoms with Crippen molar-refractivity contribution in [2.24, 2.45) is 0 Å². The Morgan fingerprint density at radius 3 is 2.36 bits per heavy atom. The Balaban J connectivity index is 0.00000267. The lowest BCUT2D eigenvalue weighted by atomic mass is 10.0. The maximum Gasteiger partial charge on any atom is 0.266 e. The third-order valence-electron chi connectivity index (χ3n) is 6.53. The highest BCUT2D eigenvalue weighted by atomic mass is 35.5. The Kier molecular flexibility index (Phi) is 11.9. The number of H-pyrrole nitrogens is 1. The second-order valence-corrected chi connectivity index (χ2v) is 8.95. The van der Waals surface area contributed by atoms with Gasteiger partial charge in [0.2, 0.25) is 0 Å². The Morgan fingerprint density at radius 2 is 1.69 bits per heavy atom. The van der Waals surface area contributed by atoms with Gasteiger partial charge in [0.25, 0.3) is 5.56 Å². The molecule has 1 atom stereocenters. The van der Waals surface area contributed by atoms with Gasteiger partial charge in [-0.25, -0.2) is 0 Å². The van der Waals surface area contributed by atoms with E-state index in [1.807, 2.05) is 30.3 Å². The Hall–Kier alpha value is -3.42. The largest absolute Gasteiger partial charge is 0.495 e. The van der Waals surface area contributed by atoms with E-state index in [9.17, 15) is 15.2 Å². The molecule has 2 heterocycles. The molecule has 4 rings (SSSR count). The predicted octanol–water partition coefficient (Wildman–Crippen LogP) is 3.64. The van der Waals surface area contributed by atoms with Gasteiger partial charge in [-0.3, -0.25) is 9.69 Å². The summed E-state index contributed by atoms with van der Waals surface area (Å²) in [6.45, 7) is 5.77. The average molecular weight is 578 g/mol. The van der Waals surface area contributed by atoms with Crippen molar-refractivity contribution in [3.05, 3.63) is 70.1 Å². The lowest BCUT2D eigenvalue weighted by Gasteiger charge is -2.37. The molecule has 1 aliphatic rings. The lowest BCUT2D eigenvalue weighted by molar-refractivity contribution is 0.0653. The number of aliphatic hydroxyl groups excluding tert-OH is 1. The van der Waals surface area contributed by atoms with Crippen LogP contribution in [0.1, 0.15) is 11.3 Å². The fourth-order valence-electron chi connectivity index (χ4n) is 4.56. The fourth-order valence-corrected chi connectivity index (χ4v) is 4.56. The van der Waals surface area contributed by atoms with Crippen LogP contribution in [0.2, 0.25) is 0 Å². The van der Waals surface area contributed by atoms with Crippen molar-refractivity contribution in [1.29, 1.82) is 5.26 Å². The molecule has 2 aromatic carbocycles. The topological polar surface area (TPSA) is 111 Å². The summed E-state index contributed by atoms with van der Waals surface area (Å²) in [6.07, 6.45) is -0.665. The zero-order valence-corrected chi connectivity index (χ0v) is 23.8. The van der Waals surface area contributed by atoms with Gasteiger partial charge in [-0.2, -0.15) is 5.26 Å². The quantitative estimate of drug-likeness (QED) is 0.397. The molecule has 1 saturated heterocycles. The molecule has 9 nitrogen and oxygen atoms in total. The maximum atomic E-state index is 11.9. The smallest absolute Gasteiger partial charge is 0.266 e. The molecule has 1 unspecified atom stereocenters. The first-order valence-corrected chi connectivity index (χ1v) is 12.2. The first-order valence-electron chi connectivity index (χ1n) is 12.2. The third-order valence-corrected chi connectivity index (χ3v) is 6.53. The number of hydrogen-bond donors (Lipinski definition) is 2. The van der Waals surface area contributed by atoms with Crippen LogP contribution in [0.3, 0.4) is 0 Å². The number of nitrogens with zero attached hydrogens (tertiary/aromatic N) is 3. The molecule has 1 aliphatic heterocycles. The lowest BCUT2D eigenvalue weighted by Crippen LogP contribution is -2.49. The van der Waals surface area contributed by atoms with Crippen LogP contribution in [-0.2, 0) is 0 Å². The van der Waals surface area contributed by atoms with E-state index in [1.165, 1.54) is 0 Å². The molecule has 0 spiro atoms. The number of piperazine rings is 1. The number of aromatic nitrogens is 1. The van der Waals surface area contributed by atoms with E-state index in [0.29, 0.717) is 23.7 Å². The molecule has 3 aromatic rings. The number of nitrogens with one attached hydrogen (secondary N) is 1. The molecule has 2 N–H and O–H groups in total. The van der Waals surface area contributed by atoms with E-state index in [2.05, 4.69) is 20.9 Å². The molecule has 39 heavy (non-hydrogen) atoms. The summed E-state index contributed by atoms with van der Waals surface area (Å²) in [5, 5.41) is 19.8. The van der Waals surface area contributed by atoms with Gasteiger partial charge in [0.1, 0.15) is 30.1 Å². The van der Waals surface area contributed by atoms with E-state index in [0.717, 1.165) is 48.7 Å². The van der Waals surface area contributed by atoms with E-state index in [-0.39, 0.29) is 37.0 Å². The molecule has 210 valence electrons. The Bertz CT molecular complexity index is 1340. The molecule has 0 amide bonds. The van der Waals surface area contributed by atoms with Gasteiger partial charge in [0, 0.05) is 44.0 Å². The number of anilines is 1. The zero-order chi connectivity index (χ0) is 26.4. The van der Waals surface area contributed by atoms with Crippen LogP contribution < -0.4 is 24.7 Å². The molecular weight excluding hydrogens is 543 g/mol. The highest BCUT2D eigenvalue weighted by Crippen LogP contribution is 2.33. The number of pyridine rings is 1. The fraction of sp³-hybridized carbons (Fsp3) is 0.357. The summed E-state index contributed by atoms with van der Waals surface area (Å²) in [6, 6.07) is 16.9. The van der Waals surface area contributed by atoms with Gasteiger partial charge in [0.05, 0.1) is 19.9 Å². The Morgan fingerprint density at radius 1 is 1.00 bits per heavy atom. The van der Waals surface area contributed by atoms with Crippen LogP contribution in [0, 0.1) is 18.3 Å². The number of benzene rings is 2. The number of halogens is 2. The van der Waals surface area contributed by atoms with Gasteiger partial charge in [-0.05, 0) is 42.8 Å². The first-order chi connectivity index (χ1) is 17.9. The van der Waals surface area contributed by atoms with Crippen LogP contribution in [0.4, 0.5) is 5.69 Å². The standard InChI is InChI=1S/C28H32N4O5.2ClH/c1-19-23(14-21(16-29)28(34)30-19)20-8-9-26(27(15-20)36-3)37-18-22(33)17-31-10-12-32(13-11-31)24-6-4-5-7-25(24)35-2;;/h4-9,14-15,22,33H,10-13,17-18H2,1-3H3,(H,30,34);2*1H. The second-order valence-electron chi connectivity index (χ2n) is 8.95. The minimum absolute atomic E-state index is 0. The SMILES string of the molecule is COc1cc(-c2cc(C#N)c(=O)[nH]c2C)ccc1OCC(O)CN1CCN(c2ccccc2OC)CC1.Cl.Cl. The van der Waals surface area contributed by atoms with E-state index in [4.69, 9.17) is 14.2 Å². The number of aromatic amines is 1. The van der Waals surface area contributed by atoms with E-state index < -0.39 is 11.7 Å². The number of rotatable bonds is 9. The molecule has 0 bridgehead atoms. The summed E-state index contributed by atoms with van der Waals surface area (Å²) in [5.41, 5.74) is 2.89. The molecule has 1 aromatic heterocycles. The van der Waals surface area contributed by atoms with Crippen LogP contribution >= 0.6 is 24.8 Å². The van der Waals surface area contributed by atoms with Crippen molar-refractivity contribution in [2.45, 2.75) is 13.0 Å². The summed E-state index contributed by atoms with van der Waals surface area (Å²) < 4.78 is 16.9. The van der Waals surface area contributed by atoms with Crippen LogP contribution in [0.5, 0.6) is 17.2 Å². The summed E-state index contributed by atoms with van der Waals surface area (Å²) in [5.74, 6) is 1.87. The second kappa shape index (κ2) is 14.7. The number of aryl methyl sites for hydroxylation is 1. The average Bonchev–Trinajstić information content (AvgIpc) is 2.92. The van der Waals surface area contributed by atoms with E-state index in [1.54, 1.807) is 39.3 Å². The molecule has 11 heteroatoms. The van der Waals surface area contributed by atoms with Gasteiger partial charge >= 0.3 is 0 Å². The zero-order valence-electron chi connectivity index (χ0n) is 22.2. The summed E-state index contributed by atoms with van der Waals surface area (Å²) in [4.78, 5) is 19.1. The van der Waals surface area contributed by atoms with Crippen LogP contribution in [0.15, 0.2) is 53.3 Å². The summed E-state index contributed by atoms with van der Waals surface area (Å²) in [7, 11) is 3.23. The monoisotopic (exact) mass is 576 g/mol. The maximum absolute atomic E-state index is 11.9. The van der Waals surface area contributed by atoms with E-state index >= 15 is 0 Å². The number of hydrogen-bond acceptors (Lipinski definition) is 8. The molecule has 0 saturated carbocycles. The predicted molar refractivity (Wildman–Crippen MR) is 156 cm³/mol. The molecule has 0 aliphatic carbocycles. The summed E-state index contributed by atoms with van der Waals surface area (Å²) >= 11 is 0. The Labute approximate surface area is 240 Å². The molecule has 0 radical (unpaired) electrons. The molecule has 1 fully saturated rings. The van der Waals surface area contributed by atoms with Gasteiger partial charge in [0.15, 0.2) is 11.5 Å². The van der Waals surface area contributed by atoms with Crippen molar-refractivity contribution >= 4 is 30.5 Å². The third kappa shape index (κ3) is 7.58. The van der Waals surface area contributed by atoms with Crippen molar-refractivity contribution in [3.63, 3.8) is 0 Å². The highest BCUT2D eigenvalue weighted by Gasteiger charge is 2.22. The first kappa shape index (κ1) is 31.8. The van der Waals surface area contributed by atoms with Gasteiger partial charge < -0.3 is 29.2 Å². The van der Waals surface area contributed by atoms with Crippen LogP contribution in [-0.4, -0.2) is 74.6 Å². The molecular formula is C28H34Cl2N4O5. The normalized spacial score (nSPS) is 13.9. The number of ether oxygens (including phenoxy) is 3. The van der Waals surface area contributed by atoms with Crippen molar-refractivity contribution in [3.8, 4) is 34.4 Å². The van der Waals surface area contributed by atoms with Gasteiger partial charge in [-0.15, -0.1) is 24.8 Å². The van der Waals surface area contributed by atoms with Gasteiger partial charge in [-0.1, -0.05) is 18.2 Å². The number of nitriles is 1. The highest BCUT2D eigenvalue weighted by molar-refractivity contribution is 5.85. The van der Waals surface area contributed by atoms with Crippen LogP contribution in [0.25, 0.3) is 11.1 Å².